The lowest BCUT2D eigenvalue weighted by atomic mass is 9.96. The minimum absolute atomic E-state index is 0.373. The summed E-state index contributed by atoms with van der Waals surface area (Å²) in [6.07, 6.45) is 5.34. The molecule has 1 aliphatic rings. The Hall–Kier alpha value is -1.38. The molecular formula is C18H22O2. The van der Waals surface area contributed by atoms with Crippen LogP contribution in [0.5, 0.6) is 0 Å². The van der Waals surface area contributed by atoms with Crippen LogP contribution in [-0.4, -0.2) is 17.8 Å². The molecule has 0 radical (unpaired) electrons. The molecule has 20 heavy (non-hydrogen) atoms. The highest BCUT2D eigenvalue weighted by molar-refractivity contribution is 5.85. The van der Waals surface area contributed by atoms with Gasteiger partial charge in [0.2, 0.25) is 0 Å². The first-order valence-corrected chi connectivity index (χ1v) is 7.62. The summed E-state index contributed by atoms with van der Waals surface area (Å²) >= 11 is 0. The number of fused-ring (bicyclic) bond motifs is 1. The van der Waals surface area contributed by atoms with Crippen molar-refractivity contribution >= 4 is 10.8 Å². The van der Waals surface area contributed by atoms with Gasteiger partial charge in [-0.25, -0.2) is 0 Å². The van der Waals surface area contributed by atoms with Gasteiger partial charge in [0.1, 0.15) is 0 Å². The van der Waals surface area contributed by atoms with E-state index in [0.29, 0.717) is 6.10 Å². The van der Waals surface area contributed by atoms with Gasteiger partial charge in [-0.3, -0.25) is 0 Å². The average Bonchev–Trinajstić information content (AvgIpc) is 3.00. The Morgan fingerprint density at radius 2 is 2.00 bits per heavy atom. The van der Waals surface area contributed by atoms with Crippen molar-refractivity contribution in [3.8, 4) is 0 Å². The highest BCUT2D eigenvalue weighted by Crippen LogP contribution is 2.28. The zero-order chi connectivity index (χ0) is 13.8. The van der Waals surface area contributed by atoms with Gasteiger partial charge >= 0.3 is 0 Å². The summed E-state index contributed by atoms with van der Waals surface area (Å²) < 4.78 is 5.63. The molecule has 0 bridgehead atoms. The fourth-order valence-corrected chi connectivity index (χ4v) is 3.11. The third-order valence-corrected chi connectivity index (χ3v) is 4.21. The van der Waals surface area contributed by atoms with Crippen LogP contribution in [0.25, 0.3) is 10.8 Å². The quantitative estimate of drug-likeness (QED) is 0.881. The Balaban J connectivity index is 1.64. The monoisotopic (exact) mass is 270 g/mol. The summed E-state index contributed by atoms with van der Waals surface area (Å²) in [6, 6.07) is 14.4. The molecule has 0 saturated carbocycles. The Morgan fingerprint density at radius 3 is 2.85 bits per heavy atom. The number of hydrogen-bond donors (Lipinski definition) is 1. The van der Waals surface area contributed by atoms with Gasteiger partial charge in [-0.05, 0) is 48.4 Å². The van der Waals surface area contributed by atoms with E-state index >= 15 is 0 Å². The Morgan fingerprint density at radius 1 is 1.15 bits per heavy atom. The van der Waals surface area contributed by atoms with Crippen molar-refractivity contribution in [2.24, 2.45) is 0 Å². The number of benzene rings is 2. The third kappa shape index (κ3) is 3.02. The molecular weight excluding hydrogens is 248 g/mol. The van der Waals surface area contributed by atoms with Crippen molar-refractivity contribution in [2.75, 3.05) is 6.61 Å². The van der Waals surface area contributed by atoms with Crippen LogP contribution < -0.4 is 0 Å². The fraction of sp³-hybridized carbons (Fsp3) is 0.444. The topological polar surface area (TPSA) is 29.5 Å². The molecule has 1 fully saturated rings. The van der Waals surface area contributed by atoms with Crippen molar-refractivity contribution in [2.45, 2.75) is 44.3 Å². The van der Waals surface area contributed by atoms with E-state index in [9.17, 15) is 5.11 Å². The maximum atomic E-state index is 10.5. The maximum absolute atomic E-state index is 10.5. The van der Waals surface area contributed by atoms with Gasteiger partial charge in [0, 0.05) is 6.61 Å². The zero-order valence-electron chi connectivity index (χ0n) is 11.8. The normalized spacial score (nSPS) is 20.4. The molecule has 3 rings (SSSR count). The van der Waals surface area contributed by atoms with Gasteiger partial charge in [0.15, 0.2) is 0 Å². The van der Waals surface area contributed by atoms with Crippen molar-refractivity contribution in [3.05, 3.63) is 48.0 Å². The SMILES string of the molecule is OC(CCCC1CCCO1)c1cccc2ccccc12. The molecule has 0 spiro atoms. The van der Waals surface area contributed by atoms with Crippen molar-refractivity contribution in [3.63, 3.8) is 0 Å². The van der Waals surface area contributed by atoms with E-state index in [-0.39, 0.29) is 6.10 Å². The van der Waals surface area contributed by atoms with Crippen LogP contribution >= 0.6 is 0 Å². The van der Waals surface area contributed by atoms with E-state index < -0.39 is 0 Å². The number of rotatable bonds is 5. The predicted octanol–water partition coefficient (Wildman–Crippen LogP) is 4.22. The summed E-state index contributed by atoms with van der Waals surface area (Å²) in [5.74, 6) is 0. The van der Waals surface area contributed by atoms with Gasteiger partial charge in [-0.2, -0.15) is 0 Å². The molecule has 2 atom stereocenters. The van der Waals surface area contributed by atoms with Crippen LogP contribution in [0.1, 0.15) is 43.8 Å². The molecule has 0 amide bonds. The minimum Gasteiger partial charge on any atom is -0.388 e. The van der Waals surface area contributed by atoms with Gasteiger partial charge in [0.25, 0.3) is 0 Å². The summed E-state index contributed by atoms with van der Waals surface area (Å²) in [7, 11) is 0. The first-order valence-electron chi connectivity index (χ1n) is 7.62. The number of hydrogen-bond acceptors (Lipinski definition) is 2. The molecule has 2 nitrogen and oxygen atoms in total. The molecule has 1 aliphatic heterocycles. The van der Waals surface area contributed by atoms with E-state index in [1.54, 1.807) is 0 Å². The number of aliphatic hydroxyl groups excluding tert-OH is 1. The van der Waals surface area contributed by atoms with Crippen molar-refractivity contribution in [1.82, 2.24) is 0 Å². The molecule has 0 aromatic heterocycles. The smallest absolute Gasteiger partial charge is 0.0796 e. The zero-order valence-corrected chi connectivity index (χ0v) is 11.8. The van der Waals surface area contributed by atoms with Gasteiger partial charge < -0.3 is 9.84 Å². The molecule has 2 aromatic rings. The summed E-state index contributed by atoms with van der Waals surface area (Å²) in [5.41, 5.74) is 1.05. The lowest BCUT2D eigenvalue weighted by Crippen LogP contribution is -2.06. The lowest BCUT2D eigenvalue weighted by Gasteiger charge is -2.15. The van der Waals surface area contributed by atoms with E-state index in [1.807, 2.05) is 24.3 Å². The summed E-state index contributed by atoms with van der Waals surface area (Å²) in [6.45, 7) is 0.913. The summed E-state index contributed by atoms with van der Waals surface area (Å²) in [4.78, 5) is 0. The van der Waals surface area contributed by atoms with E-state index in [1.165, 1.54) is 23.6 Å². The van der Waals surface area contributed by atoms with Crippen molar-refractivity contribution in [1.29, 1.82) is 0 Å². The van der Waals surface area contributed by atoms with Crippen LogP contribution in [-0.2, 0) is 4.74 Å². The Kier molecular flexibility index (Phi) is 4.34. The summed E-state index contributed by atoms with van der Waals surface area (Å²) in [5, 5.41) is 12.8. The Labute approximate surface area is 120 Å². The molecule has 1 N–H and O–H groups in total. The largest absolute Gasteiger partial charge is 0.388 e. The lowest BCUT2D eigenvalue weighted by molar-refractivity contribution is 0.0946. The molecule has 0 aliphatic carbocycles. The van der Waals surface area contributed by atoms with Gasteiger partial charge in [0.05, 0.1) is 12.2 Å². The standard InChI is InChI=1S/C18H22O2/c19-18(12-4-8-15-9-5-13-20-15)17-11-3-7-14-6-1-2-10-16(14)17/h1-3,6-7,10-11,15,18-19H,4-5,8-9,12-13H2. The van der Waals surface area contributed by atoms with Gasteiger partial charge in [-0.15, -0.1) is 0 Å². The maximum Gasteiger partial charge on any atom is 0.0796 e. The molecule has 2 unspecified atom stereocenters. The van der Waals surface area contributed by atoms with Crippen LogP contribution in [0.4, 0.5) is 0 Å². The second-order valence-electron chi connectivity index (χ2n) is 5.65. The fourth-order valence-electron chi connectivity index (χ4n) is 3.11. The van der Waals surface area contributed by atoms with E-state index in [0.717, 1.165) is 31.4 Å². The van der Waals surface area contributed by atoms with Crippen LogP contribution in [0.3, 0.4) is 0 Å². The van der Waals surface area contributed by atoms with Crippen LogP contribution in [0.2, 0.25) is 0 Å². The molecule has 1 saturated heterocycles. The van der Waals surface area contributed by atoms with Crippen molar-refractivity contribution < 1.29 is 9.84 Å². The minimum atomic E-state index is -0.373. The van der Waals surface area contributed by atoms with Crippen LogP contribution in [0, 0.1) is 0 Å². The van der Waals surface area contributed by atoms with E-state index in [4.69, 9.17) is 4.74 Å². The molecule has 2 aromatic carbocycles. The molecule has 1 heterocycles. The third-order valence-electron chi connectivity index (χ3n) is 4.21. The number of aliphatic hydroxyl groups is 1. The van der Waals surface area contributed by atoms with Crippen LogP contribution in [0.15, 0.2) is 42.5 Å². The predicted molar refractivity (Wildman–Crippen MR) is 81.7 cm³/mol. The first kappa shape index (κ1) is 13.6. The molecule has 2 heteroatoms. The highest BCUT2D eigenvalue weighted by Gasteiger charge is 2.16. The highest BCUT2D eigenvalue weighted by atomic mass is 16.5. The average molecular weight is 270 g/mol. The first-order chi connectivity index (χ1) is 9.84. The second kappa shape index (κ2) is 6.38. The number of ether oxygens (including phenoxy) is 1. The second-order valence-corrected chi connectivity index (χ2v) is 5.65. The van der Waals surface area contributed by atoms with E-state index in [2.05, 4.69) is 18.2 Å². The van der Waals surface area contributed by atoms with Gasteiger partial charge in [-0.1, -0.05) is 42.5 Å². The Bertz CT molecular complexity index is 553. The molecule has 106 valence electrons.